The fraction of sp³-hybridized carbons (Fsp3) is 0.865. The van der Waals surface area contributed by atoms with E-state index in [1.807, 2.05) is 27.2 Å². The number of carbonyl (C=O) groups is 1. The first kappa shape index (κ1) is 45.0. The van der Waals surface area contributed by atoms with Crippen molar-refractivity contribution in [3.05, 3.63) is 24.3 Å². The van der Waals surface area contributed by atoms with Crippen molar-refractivity contribution in [3.8, 4) is 0 Å². The van der Waals surface area contributed by atoms with Gasteiger partial charge < -0.3 is 28.8 Å². The van der Waals surface area contributed by atoms with E-state index < -0.39 is 20.0 Å². The van der Waals surface area contributed by atoms with Crippen LogP contribution in [-0.4, -0.2) is 68.5 Å². The molecule has 0 bridgehead atoms. The van der Waals surface area contributed by atoms with Crippen LogP contribution in [0.4, 0.5) is 0 Å². The van der Waals surface area contributed by atoms with Crippen LogP contribution in [0.15, 0.2) is 24.3 Å². The fourth-order valence-corrected chi connectivity index (χ4v) is 5.81. The molecule has 272 valence electrons. The molecule has 0 saturated heterocycles. The van der Waals surface area contributed by atoms with Crippen LogP contribution in [0.2, 0.25) is 0 Å². The van der Waals surface area contributed by atoms with Crippen LogP contribution in [0, 0.1) is 0 Å². The van der Waals surface area contributed by atoms with Gasteiger partial charge in [-0.25, -0.2) is 0 Å². The third-order valence-electron chi connectivity index (χ3n) is 8.16. The van der Waals surface area contributed by atoms with Gasteiger partial charge in [0.2, 0.25) is 5.91 Å². The molecular weight excluding hydrogens is 599 g/mol. The van der Waals surface area contributed by atoms with E-state index in [9.17, 15) is 19.4 Å². The molecule has 2 N–H and O–H groups in total. The zero-order valence-electron chi connectivity index (χ0n) is 30.5. The van der Waals surface area contributed by atoms with Crippen molar-refractivity contribution in [2.24, 2.45) is 0 Å². The van der Waals surface area contributed by atoms with Gasteiger partial charge in [-0.15, -0.1) is 0 Å². The molecule has 0 aromatic rings. The molecule has 0 rings (SSSR count). The summed E-state index contributed by atoms with van der Waals surface area (Å²) in [6, 6.07) is -0.882. The number of nitrogens with one attached hydrogen (secondary N) is 1. The minimum absolute atomic E-state index is 0.00184. The number of carbonyl (C=O) groups excluding carboxylic acids is 1. The van der Waals surface area contributed by atoms with Crippen molar-refractivity contribution in [2.75, 3.05) is 40.9 Å². The Bertz CT molecular complexity index is 814. The normalized spacial score (nSPS) is 15.0. The minimum atomic E-state index is -4.57. The zero-order chi connectivity index (χ0) is 34.4. The predicted octanol–water partition coefficient (Wildman–Crippen LogP) is 8.77. The molecule has 3 atom stereocenters. The first-order valence-corrected chi connectivity index (χ1v) is 20.2. The van der Waals surface area contributed by atoms with Gasteiger partial charge in [0.05, 0.1) is 39.9 Å². The second kappa shape index (κ2) is 30.1. The van der Waals surface area contributed by atoms with Crippen LogP contribution in [0.1, 0.15) is 155 Å². The Morgan fingerprint density at radius 2 is 1.20 bits per heavy atom. The Balaban J connectivity index is 4.38. The van der Waals surface area contributed by atoms with E-state index >= 15 is 0 Å². The van der Waals surface area contributed by atoms with Crippen molar-refractivity contribution in [2.45, 2.75) is 167 Å². The SMILES string of the molecule is CCCCCCC/C=C/C(O)C(COP(=O)([O-])OCC[N+](C)(C)C)NC(=O)CCCCCCCCC/C=C\CCCCCCCC. The van der Waals surface area contributed by atoms with Crippen LogP contribution in [-0.2, 0) is 18.4 Å². The largest absolute Gasteiger partial charge is 0.756 e. The van der Waals surface area contributed by atoms with E-state index in [2.05, 4.69) is 31.3 Å². The van der Waals surface area contributed by atoms with Crippen LogP contribution in [0.25, 0.3) is 0 Å². The van der Waals surface area contributed by atoms with Gasteiger partial charge in [-0.1, -0.05) is 128 Å². The minimum Gasteiger partial charge on any atom is -0.756 e. The number of aliphatic hydroxyl groups excluding tert-OH is 1. The van der Waals surface area contributed by atoms with E-state index in [0.29, 0.717) is 17.4 Å². The lowest BCUT2D eigenvalue weighted by Gasteiger charge is -2.29. The summed E-state index contributed by atoms with van der Waals surface area (Å²) in [5.41, 5.74) is 0. The number of hydrogen-bond donors (Lipinski definition) is 2. The van der Waals surface area contributed by atoms with Gasteiger partial charge >= 0.3 is 0 Å². The van der Waals surface area contributed by atoms with Gasteiger partial charge in [-0.2, -0.15) is 0 Å². The van der Waals surface area contributed by atoms with E-state index in [4.69, 9.17) is 9.05 Å². The number of hydrogen-bond acceptors (Lipinski definition) is 6. The number of aliphatic hydroxyl groups is 1. The van der Waals surface area contributed by atoms with E-state index in [-0.39, 0.29) is 19.1 Å². The topological polar surface area (TPSA) is 108 Å². The van der Waals surface area contributed by atoms with E-state index in [1.54, 1.807) is 6.08 Å². The molecule has 8 nitrogen and oxygen atoms in total. The van der Waals surface area contributed by atoms with Crippen LogP contribution in [0.5, 0.6) is 0 Å². The number of phosphoric acid groups is 1. The number of likely N-dealkylation sites (N-methyl/N-ethyl adjacent to an activating group) is 1. The number of phosphoric ester groups is 1. The number of unbranched alkanes of at least 4 members (excludes halogenated alkanes) is 18. The lowest BCUT2D eigenvalue weighted by atomic mass is 10.1. The summed E-state index contributed by atoms with van der Waals surface area (Å²) in [7, 11) is 1.25. The van der Waals surface area contributed by atoms with E-state index in [0.717, 1.165) is 38.5 Å². The van der Waals surface area contributed by atoms with Crippen molar-refractivity contribution in [1.82, 2.24) is 5.32 Å². The lowest BCUT2D eigenvalue weighted by Crippen LogP contribution is -2.45. The maximum atomic E-state index is 12.7. The van der Waals surface area contributed by atoms with Crippen LogP contribution >= 0.6 is 7.82 Å². The molecule has 0 aromatic carbocycles. The average molecular weight is 673 g/mol. The number of allylic oxidation sites excluding steroid dienone is 3. The highest BCUT2D eigenvalue weighted by atomic mass is 31.2. The number of amides is 1. The first-order valence-electron chi connectivity index (χ1n) is 18.7. The molecule has 0 fully saturated rings. The summed E-state index contributed by atoms with van der Waals surface area (Å²) < 4.78 is 23.0. The summed E-state index contributed by atoms with van der Waals surface area (Å²) in [5.74, 6) is -0.208. The molecule has 0 radical (unpaired) electrons. The van der Waals surface area contributed by atoms with Gasteiger partial charge in [0.25, 0.3) is 7.82 Å². The Labute approximate surface area is 284 Å². The maximum absolute atomic E-state index is 12.7. The molecule has 0 aromatic heterocycles. The molecule has 1 amide bonds. The molecule has 9 heteroatoms. The lowest BCUT2D eigenvalue weighted by molar-refractivity contribution is -0.870. The Morgan fingerprint density at radius 3 is 1.70 bits per heavy atom. The van der Waals surface area contributed by atoms with Gasteiger partial charge in [0.1, 0.15) is 13.2 Å². The smallest absolute Gasteiger partial charge is 0.268 e. The van der Waals surface area contributed by atoms with Crippen molar-refractivity contribution in [1.29, 1.82) is 0 Å². The predicted molar refractivity (Wildman–Crippen MR) is 192 cm³/mol. The third-order valence-corrected chi connectivity index (χ3v) is 9.12. The quantitative estimate of drug-likeness (QED) is 0.0312. The Hall–Kier alpha value is -1.02. The summed E-state index contributed by atoms with van der Waals surface area (Å²) in [5, 5.41) is 13.6. The monoisotopic (exact) mass is 673 g/mol. The standard InChI is InChI=1S/C37H73N2O6P/c1-6-8-10-12-14-15-16-17-18-19-20-21-22-23-25-27-29-31-37(41)38-35(36(40)30-28-26-24-13-11-9-7-2)34-45-46(42,43)44-33-32-39(3,4)5/h17-18,28,30,35-36,40H,6-16,19-27,29,31-34H2,1-5H3,(H-,38,41,42,43)/b18-17-,30-28+. The van der Waals surface area contributed by atoms with Gasteiger partial charge in [-0.05, 0) is 44.9 Å². The molecule has 0 aliphatic carbocycles. The van der Waals surface area contributed by atoms with Gasteiger partial charge in [0, 0.05) is 6.42 Å². The molecule has 3 unspecified atom stereocenters. The highest BCUT2D eigenvalue weighted by Gasteiger charge is 2.23. The second-order valence-corrected chi connectivity index (χ2v) is 15.3. The molecule has 0 heterocycles. The number of quaternary nitrogens is 1. The molecular formula is C37H73N2O6P. The molecule has 0 aliphatic rings. The number of nitrogens with zero attached hydrogens (tertiary/aromatic N) is 1. The highest BCUT2D eigenvalue weighted by Crippen LogP contribution is 2.38. The maximum Gasteiger partial charge on any atom is 0.268 e. The van der Waals surface area contributed by atoms with Crippen molar-refractivity contribution < 1.29 is 32.9 Å². The zero-order valence-corrected chi connectivity index (χ0v) is 31.4. The third kappa shape index (κ3) is 31.6. The summed E-state index contributed by atoms with van der Waals surface area (Å²) in [4.78, 5) is 25.0. The molecule has 0 saturated carbocycles. The van der Waals surface area contributed by atoms with Crippen LogP contribution in [0.3, 0.4) is 0 Å². The van der Waals surface area contributed by atoms with Gasteiger partial charge in [0.15, 0.2) is 0 Å². The Morgan fingerprint density at radius 1 is 0.739 bits per heavy atom. The summed E-state index contributed by atoms with van der Waals surface area (Å²) in [6.45, 7) is 4.55. The molecule has 0 spiro atoms. The van der Waals surface area contributed by atoms with Crippen molar-refractivity contribution in [3.63, 3.8) is 0 Å². The fourth-order valence-electron chi connectivity index (χ4n) is 5.09. The molecule has 46 heavy (non-hydrogen) atoms. The second-order valence-electron chi connectivity index (χ2n) is 13.9. The summed E-state index contributed by atoms with van der Waals surface area (Å²) >= 11 is 0. The number of rotatable bonds is 33. The van der Waals surface area contributed by atoms with Gasteiger partial charge in [-0.3, -0.25) is 9.36 Å². The average Bonchev–Trinajstić information content (AvgIpc) is 2.99. The van der Waals surface area contributed by atoms with Crippen molar-refractivity contribution >= 4 is 13.7 Å². The first-order chi connectivity index (χ1) is 22.0. The van der Waals surface area contributed by atoms with Crippen LogP contribution < -0.4 is 10.2 Å². The van der Waals surface area contributed by atoms with E-state index in [1.165, 1.54) is 96.3 Å². The highest BCUT2D eigenvalue weighted by molar-refractivity contribution is 7.45. The Kier molecular flexibility index (Phi) is 29.4. The summed E-state index contributed by atoms with van der Waals surface area (Å²) in [6.07, 6.45) is 32.3. The molecule has 0 aliphatic heterocycles.